The number of urea groups is 1. The lowest BCUT2D eigenvalue weighted by Crippen LogP contribution is -2.46. The van der Waals surface area contributed by atoms with E-state index in [-0.39, 0.29) is 13.0 Å². The summed E-state index contributed by atoms with van der Waals surface area (Å²) in [7, 11) is 0. The lowest BCUT2D eigenvalue weighted by atomic mass is 9.98. The summed E-state index contributed by atoms with van der Waals surface area (Å²) < 4.78 is 0. The summed E-state index contributed by atoms with van der Waals surface area (Å²) in [5.74, 6) is -0.851. The van der Waals surface area contributed by atoms with E-state index in [2.05, 4.69) is 17.6 Å². The number of hydrogen-bond donors (Lipinski definition) is 4. The van der Waals surface area contributed by atoms with Crippen LogP contribution in [0.2, 0.25) is 0 Å². The number of benzene rings is 1. The van der Waals surface area contributed by atoms with Gasteiger partial charge in [-0.1, -0.05) is 37.3 Å². The van der Waals surface area contributed by atoms with Gasteiger partial charge in [0.2, 0.25) is 0 Å². The standard InChI is InChI=1S/C15H22N2O4/c1-11(12-5-3-2-4-6-12)7-9-16-15(21)17-13(8-10-18)14(19)20/h2-6,11,13,18H,7-10H2,1H3,(H,19,20)(H2,16,17,21)/t11?,13-/m1/s1. The molecule has 1 aromatic carbocycles. The third-order valence-corrected chi connectivity index (χ3v) is 3.25. The van der Waals surface area contributed by atoms with Crippen molar-refractivity contribution in [3.05, 3.63) is 35.9 Å². The molecular formula is C15H22N2O4. The van der Waals surface area contributed by atoms with E-state index >= 15 is 0 Å². The van der Waals surface area contributed by atoms with Crippen LogP contribution in [0.25, 0.3) is 0 Å². The van der Waals surface area contributed by atoms with E-state index in [1.54, 1.807) is 0 Å². The van der Waals surface area contributed by atoms with Crippen LogP contribution in [-0.2, 0) is 4.79 Å². The largest absolute Gasteiger partial charge is 0.480 e. The molecular weight excluding hydrogens is 272 g/mol. The molecule has 0 spiro atoms. The van der Waals surface area contributed by atoms with E-state index in [0.717, 1.165) is 6.42 Å². The quantitative estimate of drug-likeness (QED) is 0.581. The van der Waals surface area contributed by atoms with Crippen molar-refractivity contribution in [2.75, 3.05) is 13.2 Å². The summed E-state index contributed by atoms with van der Waals surface area (Å²) in [4.78, 5) is 22.4. The lowest BCUT2D eigenvalue weighted by molar-refractivity contribution is -0.139. The Balaban J connectivity index is 2.31. The number of carboxylic acid groups (broad SMARTS) is 1. The summed E-state index contributed by atoms with van der Waals surface area (Å²) in [5, 5.41) is 22.6. The predicted molar refractivity (Wildman–Crippen MR) is 79.1 cm³/mol. The zero-order valence-electron chi connectivity index (χ0n) is 12.1. The number of carboxylic acids is 1. The fraction of sp³-hybridized carbons (Fsp3) is 0.467. The number of carbonyl (C=O) groups is 2. The molecule has 0 aliphatic carbocycles. The topological polar surface area (TPSA) is 98.7 Å². The molecule has 21 heavy (non-hydrogen) atoms. The van der Waals surface area contributed by atoms with Crippen molar-refractivity contribution in [3.63, 3.8) is 0 Å². The summed E-state index contributed by atoms with van der Waals surface area (Å²) in [6.45, 7) is 2.23. The van der Waals surface area contributed by atoms with Crippen molar-refractivity contribution in [2.24, 2.45) is 0 Å². The highest BCUT2D eigenvalue weighted by Gasteiger charge is 2.18. The molecule has 1 rings (SSSR count). The Morgan fingerprint density at radius 1 is 1.19 bits per heavy atom. The van der Waals surface area contributed by atoms with Crippen molar-refractivity contribution < 1.29 is 19.8 Å². The SMILES string of the molecule is CC(CCNC(=O)N[C@H](CCO)C(=O)O)c1ccccc1. The van der Waals surface area contributed by atoms with Gasteiger partial charge in [0.1, 0.15) is 6.04 Å². The second kappa shape index (κ2) is 8.97. The molecule has 0 aliphatic rings. The van der Waals surface area contributed by atoms with Gasteiger partial charge in [-0.15, -0.1) is 0 Å². The fourth-order valence-corrected chi connectivity index (χ4v) is 1.95. The molecule has 0 bridgehead atoms. The number of rotatable bonds is 8. The van der Waals surface area contributed by atoms with E-state index in [0.29, 0.717) is 12.5 Å². The number of carbonyl (C=O) groups excluding carboxylic acids is 1. The van der Waals surface area contributed by atoms with Crippen molar-refractivity contribution in [2.45, 2.75) is 31.7 Å². The molecule has 6 nitrogen and oxygen atoms in total. The lowest BCUT2D eigenvalue weighted by Gasteiger charge is -2.15. The number of aliphatic carboxylic acids is 1. The molecule has 2 atom stereocenters. The monoisotopic (exact) mass is 294 g/mol. The van der Waals surface area contributed by atoms with Gasteiger partial charge in [0.15, 0.2) is 0 Å². The summed E-state index contributed by atoms with van der Waals surface area (Å²) in [6.07, 6.45) is 0.748. The molecule has 2 amide bonds. The van der Waals surface area contributed by atoms with Gasteiger partial charge in [-0.05, 0) is 17.9 Å². The molecule has 116 valence electrons. The Labute approximate surface area is 124 Å². The van der Waals surface area contributed by atoms with Gasteiger partial charge < -0.3 is 20.8 Å². The summed E-state index contributed by atoms with van der Waals surface area (Å²) >= 11 is 0. The zero-order chi connectivity index (χ0) is 15.7. The molecule has 0 saturated heterocycles. The first-order valence-corrected chi connectivity index (χ1v) is 6.97. The third kappa shape index (κ3) is 6.27. The highest BCUT2D eigenvalue weighted by Crippen LogP contribution is 2.17. The average molecular weight is 294 g/mol. The normalized spacial score (nSPS) is 13.2. The number of hydrogen-bond acceptors (Lipinski definition) is 3. The van der Waals surface area contributed by atoms with Crippen LogP contribution in [0.15, 0.2) is 30.3 Å². The Hall–Kier alpha value is -2.08. The third-order valence-electron chi connectivity index (χ3n) is 3.25. The minimum Gasteiger partial charge on any atom is -0.480 e. The van der Waals surface area contributed by atoms with E-state index < -0.39 is 18.0 Å². The molecule has 1 unspecified atom stereocenters. The maximum absolute atomic E-state index is 11.6. The maximum Gasteiger partial charge on any atom is 0.326 e. The molecule has 0 saturated carbocycles. The number of aliphatic hydroxyl groups is 1. The second-order valence-electron chi connectivity index (χ2n) is 4.90. The van der Waals surface area contributed by atoms with Crippen molar-refractivity contribution >= 4 is 12.0 Å². The Morgan fingerprint density at radius 3 is 2.43 bits per heavy atom. The Bertz CT molecular complexity index is 450. The van der Waals surface area contributed by atoms with Crippen LogP contribution in [0.1, 0.15) is 31.2 Å². The van der Waals surface area contributed by atoms with Crippen LogP contribution in [0.4, 0.5) is 4.79 Å². The summed E-state index contributed by atoms with van der Waals surface area (Å²) in [6, 6.07) is 8.36. The number of aliphatic hydroxyl groups excluding tert-OH is 1. The predicted octanol–water partition coefficient (Wildman–Crippen LogP) is 1.31. The van der Waals surface area contributed by atoms with Gasteiger partial charge in [-0.3, -0.25) is 0 Å². The Morgan fingerprint density at radius 2 is 1.86 bits per heavy atom. The molecule has 0 fully saturated rings. The first kappa shape index (κ1) is 17.0. The van der Waals surface area contributed by atoms with Crippen LogP contribution in [0, 0.1) is 0 Å². The first-order valence-electron chi connectivity index (χ1n) is 6.97. The van der Waals surface area contributed by atoms with Crippen molar-refractivity contribution in [1.29, 1.82) is 0 Å². The van der Waals surface area contributed by atoms with Crippen LogP contribution >= 0.6 is 0 Å². The number of amides is 2. The van der Waals surface area contributed by atoms with Gasteiger partial charge >= 0.3 is 12.0 Å². The highest BCUT2D eigenvalue weighted by molar-refractivity contribution is 5.82. The second-order valence-corrected chi connectivity index (χ2v) is 4.90. The molecule has 4 N–H and O–H groups in total. The summed E-state index contributed by atoms with van der Waals surface area (Å²) in [5.41, 5.74) is 1.20. The molecule has 0 heterocycles. The van der Waals surface area contributed by atoms with Crippen molar-refractivity contribution in [3.8, 4) is 0 Å². The molecule has 0 aliphatic heterocycles. The van der Waals surface area contributed by atoms with Gasteiger partial charge in [0.25, 0.3) is 0 Å². The van der Waals surface area contributed by atoms with E-state index in [4.69, 9.17) is 10.2 Å². The van der Waals surface area contributed by atoms with Gasteiger partial charge in [-0.25, -0.2) is 9.59 Å². The first-order chi connectivity index (χ1) is 10.0. The van der Waals surface area contributed by atoms with Crippen LogP contribution in [0.3, 0.4) is 0 Å². The highest BCUT2D eigenvalue weighted by atomic mass is 16.4. The molecule has 0 radical (unpaired) electrons. The Kier molecular flexibility index (Phi) is 7.25. The number of nitrogens with one attached hydrogen (secondary N) is 2. The molecule has 1 aromatic rings. The smallest absolute Gasteiger partial charge is 0.326 e. The fourth-order valence-electron chi connectivity index (χ4n) is 1.95. The van der Waals surface area contributed by atoms with Gasteiger partial charge in [0.05, 0.1) is 0 Å². The maximum atomic E-state index is 11.6. The van der Waals surface area contributed by atoms with E-state index in [1.165, 1.54) is 5.56 Å². The van der Waals surface area contributed by atoms with E-state index in [9.17, 15) is 9.59 Å². The molecule has 6 heteroatoms. The van der Waals surface area contributed by atoms with Crippen LogP contribution < -0.4 is 10.6 Å². The van der Waals surface area contributed by atoms with Crippen LogP contribution in [0.5, 0.6) is 0 Å². The zero-order valence-corrected chi connectivity index (χ0v) is 12.1. The average Bonchev–Trinajstić information content (AvgIpc) is 2.47. The van der Waals surface area contributed by atoms with Gasteiger partial charge in [0, 0.05) is 19.6 Å². The van der Waals surface area contributed by atoms with Crippen LogP contribution in [-0.4, -0.2) is 41.4 Å². The minimum absolute atomic E-state index is 0.0107. The van der Waals surface area contributed by atoms with Crippen molar-refractivity contribution in [1.82, 2.24) is 10.6 Å². The van der Waals surface area contributed by atoms with Gasteiger partial charge in [-0.2, -0.15) is 0 Å². The molecule has 0 aromatic heterocycles. The minimum atomic E-state index is -1.16. The van der Waals surface area contributed by atoms with E-state index in [1.807, 2.05) is 30.3 Å².